The molecule has 4 nitrogen and oxygen atoms in total. The summed E-state index contributed by atoms with van der Waals surface area (Å²) in [4.78, 5) is 6.86. The summed E-state index contributed by atoms with van der Waals surface area (Å²) in [5, 5.41) is 3.49. The summed E-state index contributed by atoms with van der Waals surface area (Å²) in [5.41, 5.74) is 0. The number of nitrogens with one attached hydrogen (secondary N) is 1. The van der Waals surface area contributed by atoms with Gasteiger partial charge in [0, 0.05) is 44.6 Å². The Labute approximate surface area is 103 Å². The molecule has 1 aliphatic heterocycles. The topological polar surface area (TPSA) is 33.1 Å². The molecule has 0 aliphatic carbocycles. The van der Waals surface area contributed by atoms with Crippen molar-refractivity contribution in [3.05, 3.63) is 18.2 Å². The van der Waals surface area contributed by atoms with Crippen LogP contribution in [0.1, 0.15) is 19.7 Å². The SMILES string of the molecule is CC1CN(Cc2nccn2C)C(C)CN1.Cl. The maximum Gasteiger partial charge on any atom is 0.122 e. The molecule has 1 aromatic heterocycles. The second-order valence-corrected chi connectivity index (χ2v) is 4.54. The van der Waals surface area contributed by atoms with Gasteiger partial charge in [-0.1, -0.05) is 0 Å². The van der Waals surface area contributed by atoms with Crippen LogP contribution in [-0.4, -0.2) is 39.6 Å². The van der Waals surface area contributed by atoms with Crippen molar-refractivity contribution in [3.63, 3.8) is 0 Å². The van der Waals surface area contributed by atoms with Gasteiger partial charge in [0.2, 0.25) is 0 Å². The van der Waals surface area contributed by atoms with Crippen LogP contribution in [0.15, 0.2) is 12.4 Å². The highest BCUT2D eigenvalue weighted by atomic mass is 35.5. The highest BCUT2D eigenvalue weighted by molar-refractivity contribution is 5.85. The van der Waals surface area contributed by atoms with Crippen LogP contribution in [-0.2, 0) is 13.6 Å². The van der Waals surface area contributed by atoms with Crippen LogP contribution in [0.2, 0.25) is 0 Å². The van der Waals surface area contributed by atoms with E-state index in [0.29, 0.717) is 12.1 Å². The van der Waals surface area contributed by atoms with Crippen LogP contribution in [0.25, 0.3) is 0 Å². The van der Waals surface area contributed by atoms with E-state index in [0.717, 1.165) is 25.5 Å². The Morgan fingerprint density at radius 2 is 2.25 bits per heavy atom. The highest BCUT2D eigenvalue weighted by Crippen LogP contribution is 2.10. The van der Waals surface area contributed by atoms with E-state index in [1.54, 1.807) is 0 Å². The Balaban J connectivity index is 0.00000128. The molecule has 5 heteroatoms. The number of aryl methyl sites for hydroxylation is 1. The first-order valence-electron chi connectivity index (χ1n) is 5.60. The van der Waals surface area contributed by atoms with Crippen LogP contribution in [0.3, 0.4) is 0 Å². The zero-order valence-corrected chi connectivity index (χ0v) is 11.0. The molecule has 0 aromatic carbocycles. The van der Waals surface area contributed by atoms with E-state index in [2.05, 4.69) is 40.7 Å². The summed E-state index contributed by atoms with van der Waals surface area (Å²) in [7, 11) is 2.05. The fourth-order valence-corrected chi connectivity index (χ4v) is 2.05. The summed E-state index contributed by atoms with van der Waals surface area (Å²) in [6.45, 7) is 7.63. The van der Waals surface area contributed by atoms with Gasteiger partial charge in [-0.05, 0) is 13.8 Å². The fraction of sp³-hybridized carbons (Fsp3) is 0.727. The first-order valence-corrected chi connectivity index (χ1v) is 5.60. The van der Waals surface area contributed by atoms with Gasteiger partial charge in [0.1, 0.15) is 5.82 Å². The Morgan fingerprint density at radius 1 is 1.50 bits per heavy atom. The third-order valence-corrected chi connectivity index (χ3v) is 3.16. The summed E-state index contributed by atoms with van der Waals surface area (Å²) >= 11 is 0. The number of piperazine rings is 1. The van der Waals surface area contributed by atoms with Gasteiger partial charge in [0.05, 0.1) is 6.54 Å². The van der Waals surface area contributed by atoms with Crippen molar-refractivity contribution >= 4 is 12.4 Å². The molecule has 1 aliphatic rings. The minimum atomic E-state index is 0. The molecule has 2 atom stereocenters. The average molecular weight is 245 g/mol. The summed E-state index contributed by atoms with van der Waals surface area (Å²) in [6.07, 6.45) is 3.87. The predicted octanol–water partition coefficient (Wildman–Crippen LogP) is 1.02. The smallest absolute Gasteiger partial charge is 0.122 e. The molecule has 16 heavy (non-hydrogen) atoms. The molecular formula is C11H21ClN4. The highest BCUT2D eigenvalue weighted by Gasteiger charge is 2.22. The van der Waals surface area contributed by atoms with E-state index < -0.39 is 0 Å². The third kappa shape index (κ3) is 2.97. The van der Waals surface area contributed by atoms with E-state index in [1.165, 1.54) is 0 Å². The molecule has 2 unspecified atom stereocenters. The second-order valence-electron chi connectivity index (χ2n) is 4.54. The van der Waals surface area contributed by atoms with Gasteiger partial charge in [-0.25, -0.2) is 4.98 Å². The summed E-state index contributed by atoms with van der Waals surface area (Å²) in [5.74, 6) is 1.15. The minimum Gasteiger partial charge on any atom is -0.337 e. The van der Waals surface area contributed by atoms with Crippen molar-refractivity contribution in [1.82, 2.24) is 19.8 Å². The lowest BCUT2D eigenvalue weighted by Gasteiger charge is -2.37. The summed E-state index contributed by atoms with van der Waals surface area (Å²) in [6, 6.07) is 1.18. The molecule has 92 valence electrons. The van der Waals surface area contributed by atoms with E-state index >= 15 is 0 Å². The van der Waals surface area contributed by atoms with E-state index in [-0.39, 0.29) is 12.4 Å². The zero-order chi connectivity index (χ0) is 10.8. The molecule has 2 rings (SSSR count). The van der Waals surface area contributed by atoms with Gasteiger partial charge >= 0.3 is 0 Å². The fourth-order valence-electron chi connectivity index (χ4n) is 2.05. The quantitative estimate of drug-likeness (QED) is 0.844. The maximum atomic E-state index is 4.37. The van der Waals surface area contributed by atoms with Crippen LogP contribution in [0.5, 0.6) is 0 Å². The number of nitrogens with zero attached hydrogens (tertiary/aromatic N) is 3. The van der Waals surface area contributed by atoms with Crippen LogP contribution in [0, 0.1) is 0 Å². The number of imidazole rings is 1. The predicted molar refractivity (Wildman–Crippen MR) is 67.8 cm³/mol. The van der Waals surface area contributed by atoms with Gasteiger partial charge < -0.3 is 9.88 Å². The lowest BCUT2D eigenvalue weighted by atomic mass is 10.1. The van der Waals surface area contributed by atoms with Gasteiger partial charge in [0.15, 0.2) is 0 Å². The van der Waals surface area contributed by atoms with Crippen molar-refractivity contribution in [1.29, 1.82) is 0 Å². The number of hydrogen-bond acceptors (Lipinski definition) is 3. The zero-order valence-electron chi connectivity index (χ0n) is 10.2. The molecule has 0 spiro atoms. The Hall–Kier alpha value is -0.580. The van der Waals surface area contributed by atoms with Gasteiger partial charge in [0.25, 0.3) is 0 Å². The largest absolute Gasteiger partial charge is 0.337 e. The second kappa shape index (κ2) is 5.66. The number of halogens is 1. The van der Waals surface area contributed by atoms with Crippen molar-refractivity contribution in [3.8, 4) is 0 Å². The van der Waals surface area contributed by atoms with Crippen molar-refractivity contribution < 1.29 is 0 Å². The van der Waals surface area contributed by atoms with E-state index in [1.807, 2.05) is 12.4 Å². The Bertz CT molecular complexity index is 326. The normalized spacial score (nSPS) is 26.4. The molecule has 1 fully saturated rings. The Kier molecular flexibility index (Phi) is 4.77. The molecule has 2 heterocycles. The molecular weight excluding hydrogens is 224 g/mol. The van der Waals surface area contributed by atoms with Gasteiger partial charge in [-0.2, -0.15) is 0 Å². The first kappa shape index (κ1) is 13.5. The molecule has 0 bridgehead atoms. The van der Waals surface area contributed by atoms with Crippen LogP contribution < -0.4 is 5.32 Å². The van der Waals surface area contributed by atoms with Crippen LogP contribution >= 0.6 is 12.4 Å². The Morgan fingerprint density at radius 3 is 2.88 bits per heavy atom. The minimum absolute atomic E-state index is 0. The van der Waals surface area contributed by atoms with Crippen molar-refractivity contribution in [2.75, 3.05) is 13.1 Å². The molecule has 1 saturated heterocycles. The van der Waals surface area contributed by atoms with Gasteiger partial charge in [-0.3, -0.25) is 4.90 Å². The molecule has 0 amide bonds. The first-order chi connectivity index (χ1) is 7.16. The van der Waals surface area contributed by atoms with E-state index in [9.17, 15) is 0 Å². The maximum absolute atomic E-state index is 4.37. The van der Waals surface area contributed by atoms with Crippen LogP contribution in [0.4, 0.5) is 0 Å². The van der Waals surface area contributed by atoms with Gasteiger partial charge in [-0.15, -0.1) is 12.4 Å². The summed E-state index contributed by atoms with van der Waals surface area (Å²) < 4.78 is 2.10. The lowest BCUT2D eigenvalue weighted by molar-refractivity contribution is 0.134. The molecule has 0 radical (unpaired) electrons. The monoisotopic (exact) mass is 244 g/mol. The molecule has 0 saturated carbocycles. The standard InChI is InChI=1S/C11H20N4.ClH/c1-9-7-15(10(2)6-13-9)8-11-12-4-5-14(11)3;/h4-5,9-10,13H,6-8H2,1-3H3;1H. The lowest BCUT2D eigenvalue weighted by Crippen LogP contribution is -2.53. The molecule has 1 N–H and O–H groups in total. The number of aromatic nitrogens is 2. The molecule has 1 aromatic rings. The average Bonchev–Trinajstić information content (AvgIpc) is 2.58. The third-order valence-electron chi connectivity index (χ3n) is 3.16. The van der Waals surface area contributed by atoms with E-state index in [4.69, 9.17) is 0 Å². The van der Waals surface area contributed by atoms with Crippen molar-refractivity contribution in [2.24, 2.45) is 7.05 Å². The van der Waals surface area contributed by atoms with Crippen molar-refractivity contribution in [2.45, 2.75) is 32.5 Å². The number of hydrogen-bond donors (Lipinski definition) is 1. The number of rotatable bonds is 2.